The van der Waals surface area contributed by atoms with Crippen molar-refractivity contribution in [2.24, 2.45) is 0 Å². The summed E-state index contributed by atoms with van der Waals surface area (Å²) in [6.45, 7) is 4.30. The fraction of sp³-hybridized carbons (Fsp3) is 0.312. The van der Waals surface area contributed by atoms with Crippen molar-refractivity contribution in [3.05, 3.63) is 51.5 Å². The van der Waals surface area contributed by atoms with E-state index in [1.54, 1.807) is 30.4 Å². The Morgan fingerprint density at radius 3 is 2.73 bits per heavy atom. The zero-order valence-electron chi connectivity index (χ0n) is 12.8. The Morgan fingerprint density at radius 2 is 2.14 bits per heavy atom. The number of nitrogens with one attached hydrogen (secondary N) is 2. The van der Waals surface area contributed by atoms with Crippen LogP contribution in [0.3, 0.4) is 0 Å². The lowest BCUT2D eigenvalue weighted by molar-refractivity contribution is 0.237. The van der Waals surface area contributed by atoms with Gasteiger partial charge >= 0.3 is 6.03 Å². The van der Waals surface area contributed by atoms with Crippen molar-refractivity contribution in [3.63, 3.8) is 0 Å². The van der Waals surface area contributed by atoms with Crippen molar-refractivity contribution in [2.45, 2.75) is 26.4 Å². The molecule has 2 aromatic rings. The predicted octanol–water partition coefficient (Wildman–Crippen LogP) is 3.76. The van der Waals surface area contributed by atoms with Gasteiger partial charge in [0.2, 0.25) is 0 Å². The number of carbonyl (C=O) groups excluding carboxylic acids is 1. The van der Waals surface area contributed by atoms with Gasteiger partial charge in [-0.15, -0.1) is 11.3 Å². The molecule has 0 saturated carbocycles. The fourth-order valence-corrected chi connectivity index (χ4v) is 2.86. The zero-order valence-corrected chi connectivity index (χ0v) is 13.6. The zero-order chi connectivity index (χ0) is 16.1. The highest BCUT2D eigenvalue weighted by Crippen LogP contribution is 2.21. The van der Waals surface area contributed by atoms with Crippen LogP contribution in [-0.2, 0) is 6.54 Å². The van der Waals surface area contributed by atoms with Crippen LogP contribution in [0.25, 0.3) is 0 Å². The quantitative estimate of drug-likeness (QED) is 0.880. The third kappa shape index (κ3) is 4.21. The summed E-state index contributed by atoms with van der Waals surface area (Å²) in [5, 5.41) is 5.58. The van der Waals surface area contributed by atoms with Gasteiger partial charge in [-0.1, -0.05) is 6.07 Å². The average molecular weight is 322 g/mol. The number of carbonyl (C=O) groups is 1. The molecular formula is C16H19FN2O2S. The van der Waals surface area contributed by atoms with Gasteiger partial charge in [0.15, 0.2) is 11.6 Å². The molecular weight excluding hydrogens is 303 g/mol. The number of urea groups is 1. The van der Waals surface area contributed by atoms with Crippen molar-refractivity contribution in [1.29, 1.82) is 0 Å². The van der Waals surface area contributed by atoms with E-state index in [0.717, 1.165) is 4.88 Å². The Kier molecular flexibility index (Phi) is 5.38. The first-order valence-corrected chi connectivity index (χ1v) is 7.74. The van der Waals surface area contributed by atoms with Gasteiger partial charge in [0.1, 0.15) is 0 Å². The van der Waals surface area contributed by atoms with E-state index in [2.05, 4.69) is 10.6 Å². The molecule has 1 unspecified atom stereocenters. The molecule has 2 amide bonds. The molecule has 0 aliphatic heterocycles. The highest BCUT2D eigenvalue weighted by atomic mass is 32.1. The summed E-state index contributed by atoms with van der Waals surface area (Å²) >= 11 is 1.65. The first-order chi connectivity index (χ1) is 10.5. The maximum atomic E-state index is 13.7. The third-order valence-electron chi connectivity index (χ3n) is 3.24. The lowest BCUT2D eigenvalue weighted by Crippen LogP contribution is -2.36. The normalized spacial score (nSPS) is 11.8. The smallest absolute Gasteiger partial charge is 0.315 e. The molecule has 0 bridgehead atoms. The van der Waals surface area contributed by atoms with Crippen molar-refractivity contribution >= 4 is 17.4 Å². The Labute approximate surface area is 133 Å². The molecule has 0 saturated heterocycles. The van der Waals surface area contributed by atoms with Crippen LogP contribution in [0.15, 0.2) is 30.3 Å². The van der Waals surface area contributed by atoms with Crippen molar-refractivity contribution in [1.82, 2.24) is 10.6 Å². The SMILES string of the molecule is COc1ccc(C(C)NC(=O)NCc2ccc(C)s2)cc1F. The molecule has 22 heavy (non-hydrogen) atoms. The van der Waals surface area contributed by atoms with Gasteiger partial charge in [-0.05, 0) is 43.7 Å². The summed E-state index contributed by atoms with van der Waals surface area (Å²) in [4.78, 5) is 14.2. The van der Waals surface area contributed by atoms with Gasteiger partial charge in [0, 0.05) is 9.75 Å². The van der Waals surface area contributed by atoms with Crippen molar-refractivity contribution in [3.8, 4) is 5.75 Å². The van der Waals surface area contributed by atoms with E-state index in [1.165, 1.54) is 18.1 Å². The van der Waals surface area contributed by atoms with Crippen LogP contribution in [0.2, 0.25) is 0 Å². The Hall–Kier alpha value is -2.08. The molecule has 6 heteroatoms. The van der Waals surface area contributed by atoms with Crippen LogP contribution in [0.5, 0.6) is 5.75 Å². The topological polar surface area (TPSA) is 50.4 Å². The van der Waals surface area contributed by atoms with Crippen LogP contribution in [0.4, 0.5) is 9.18 Å². The number of hydrogen-bond acceptors (Lipinski definition) is 3. The number of rotatable bonds is 5. The van der Waals surface area contributed by atoms with Gasteiger partial charge in [-0.25, -0.2) is 9.18 Å². The van der Waals surface area contributed by atoms with E-state index in [0.29, 0.717) is 12.1 Å². The number of ether oxygens (including phenoxy) is 1. The van der Waals surface area contributed by atoms with Gasteiger partial charge in [0.05, 0.1) is 19.7 Å². The largest absolute Gasteiger partial charge is 0.494 e. The number of halogens is 1. The fourth-order valence-electron chi connectivity index (χ4n) is 2.03. The number of methoxy groups -OCH3 is 1. The number of thiophene rings is 1. The van der Waals surface area contributed by atoms with Crippen LogP contribution >= 0.6 is 11.3 Å². The Bertz CT molecular complexity index is 657. The van der Waals surface area contributed by atoms with E-state index in [4.69, 9.17) is 4.74 Å². The highest BCUT2D eigenvalue weighted by Gasteiger charge is 2.12. The number of benzene rings is 1. The molecule has 2 N–H and O–H groups in total. The summed E-state index contributed by atoms with van der Waals surface area (Å²) < 4.78 is 18.5. The third-order valence-corrected chi connectivity index (χ3v) is 4.24. The van der Waals surface area contributed by atoms with Crippen molar-refractivity contribution < 1.29 is 13.9 Å². The molecule has 2 rings (SSSR count). The number of hydrogen-bond donors (Lipinski definition) is 2. The molecule has 4 nitrogen and oxygen atoms in total. The molecule has 0 radical (unpaired) electrons. The monoisotopic (exact) mass is 322 g/mol. The van der Waals surface area contributed by atoms with Crippen LogP contribution in [0, 0.1) is 12.7 Å². The van der Waals surface area contributed by atoms with Crippen molar-refractivity contribution in [2.75, 3.05) is 7.11 Å². The molecule has 1 aromatic carbocycles. The second kappa shape index (κ2) is 7.26. The van der Waals surface area contributed by atoms with Gasteiger partial charge in [0.25, 0.3) is 0 Å². The highest BCUT2D eigenvalue weighted by molar-refractivity contribution is 7.11. The van der Waals surface area contributed by atoms with Crippen LogP contribution in [-0.4, -0.2) is 13.1 Å². The minimum Gasteiger partial charge on any atom is -0.494 e. The van der Waals surface area contributed by atoms with E-state index in [1.807, 2.05) is 19.1 Å². The van der Waals surface area contributed by atoms with E-state index in [9.17, 15) is 9.18 Å². The molecule has 1 atom stereocenters. The summed E-state index contributed by atoms with van der Waals surface area (Å²) in [5.74, 6) is -0.253. The summed E-state index contributed by atoms with van der Waals surface area (Å²) in [6.07, 6.45) is 0. The van der Waals surface area contributed by atoms with E-state index < -0.39 is 5.82 Å². The lowest BCUT2D eigenvalue weighted by atomic mass is 10.1. The maximum absolute atomic E-state index is 13.7. The number of amides is 2. The Morgan fingerprint density at radius 1 is 1.36 bits per heavy atom. The van der Waals surface area contributed by atoms with E-state index in [-0.39, 0.29) is 17.8 Å². The molecule has 118 valence electrons. The molecule has 0 fully saturated rings. The molecule has 0 spiro atoms. The first-order valence-electron chi connectivity index (χ1n) is 6.92. The number of aryl methyl sites for hydroxylation is 1. The molecule has 0 aliphatic rings. The maximum Gasteiger partial charge on any atom is 0.315 e. The second-order valence-corrected chi connectivity index (χ2v) is 6.33. The van der Waals surface area contributed by atoms with Crippen LogP contribution in [0.1, 0.15) is 28.3 Å². The summed E-state index contributed by atoms with van der Waals surface area (Å²) in [5.41, 5.74) is 0.681. The second-order valence-electron chi connectivity index (χ2n) is 4.96. The standard InChI is InChI=1S/C16H19FN2O2S/c1-10-4-6-13(22-10)9-18-16(20)19-11(2)12-5-7-15(21-3)14(17)8-12/h4-8,11H,9H2,1-3H3,(H2,18,19,20). The molecule has 1 heterocycles. The predicted molar refractivity (Wildman–Crippen MR) is 85.8 cm³/mol. The summed E-state index contributed by atoms with van der Waals surface area (Å²) in [6, 6.07) is 8.07. The first kappa shape index (κ1) is 16.3. The van der Waals surface area contributed by atoms with Gasteiger partial charge < -0.3 is 15.4 Å². The van der Waals surface area contributed by atoms with E-state index >= 15 is 0 Å². The lowest BCUT2D eigenvalue weighted by Gasteiger charge is -2.15. The Balaban J connectivity index is 1.89. The van der Waals surface area contributed by atoms with Gasteiger partial charge in [-0.2, -0.15) is 0 Å². The minimum absolute atomic E-state index is 0.188. The van der Waals surface area contributed by atoms with Gasteiger partial charge in [-0.3, -0.25) is 0 Å². The molecule has 0 aliphatic carbocycles. The average Bonchev–Trinajstić information content (AvgIpc) is 2.90. The minimum atomic E-state index is -0.442. The molecule has 1 aromatic heterocycles. The summed E-state index contributed by atoms with van der Waals surface area (Å²) in [7, 11) is 1.42. The van der Waals surface area contributed by atoms with Crippen LogP contribution < -0.4 is 15.4 Å².